The van der Waals surface area contributed by atoms with Crippen molar-refractivity contribution in [2.24, 2.45) is 23.7 Å². The van der Waals surface area contributed by atoms with Crippen LogP contribution in [0.1, 0.15) is 167 Å². The van der Waals surface area contributed by atoms with Crippen LogP contribution in [0, 0.1) is 23.7 Å². The number of fused-ring (bicyclic) bond motifs is 4. The average molecular weight is 1020 g/mol. The smallest absolute Gasteiger partial charge is 0.481 e. The number of halogens is 2. The van der Waals surface area contributed by atoms with Gasteiger partial charge in [-0.2, -0.15) is 8.75 Å². The highest BCUT2D eigenvalue weighted by Gasteiger charge is 2.54. The second-order valence-electron chi connectivity index (χ2n) is 21.0. The van der Waals surface area contributed by atoms with Crippen LogP contribution in [0.15, 0.2) is 31.8 Å². The largest absolute Gasteiger partial charge is 0.497 e. The van der Waals surface area contributed by atoms with Gasteiger partial charge >= 0.3 is 14.2 Å². The average Bonchev–Trinajstić information content (AvgIpc) is 3.95. The fourth-order valence-corrected chi connectivity index (χ4v) is 12.4. The second kappa shape index (κ2) is 19.6. The molecule has 2 fully saturated rings. The Bertz CT molecular complexity index is 1970. The Morgan fingerprint density at radius 3 is 1.41 bits per heavy atom. The molecule has 3 aliphatic heterocycles. The quantitative estimate of drug-likeness (QED) is 0.104. The SMILES string of the molecule is CC(C)CCCC(C)CCC1(CCC(C)CCCC(C)C)Oc2cc(Br)sc2-c2sc(Br)cc21.CC1(C)OB(c2ccc(B3OC(C)(C)C(C)(C)O3)c3nsnc23)OC1(C)C. The molecule has 0 radical (unpaired) electrons. The Morgan fingerprint density at radius 1 is 0.574 bits per heavy atom. The lowest BCUT2D eigenvalue weighted by atomic mass is 9.72. The first-order chi connectivity index (χ1) is 28.4. The molecule has 0 spiro atoms. The molecule has 61 heavy (non-hydrogen) atoms. The van der Waals surface area contributed by atoms with Gasteiger partial charge < -0.3 is 23.4 Å². The van der Waals surface area contributed by atoms with Crippen molar-refractivity contribution in [3.63, 3.8) is 0 Å². The van der Waals surface area contributed by atoms with E-state index in [9.17, 15) is 0 Å². The van der Waals surface area contributed by atoms with Crippen LogP contribution < -0.4 is 15.7 Å². The first-order valence-corrected chi connectivity index (χ1v) is 26.6. The maximum atomic E-state index is 7.03. The van der Waals surface area contributed by atoms with Gasteiger partial charge in [-0.05, 0) is 143 Å². The van der Waals surface area contributed by atoms with E-state index < -0.39 is 36.6 Å². The van der Waals surface area contributed by atoms with E-state index in [0.717, 1.165) is 68.0 Å². The molecule has 4 aromatic rings. The van der Waals surface area contributed by atoms with Crippen molar-refractivity contribution < 1.29 is 23.4 Å². The number of rotatable bonds is 16. The lowest BCUT2D eigenvalue weighted by Gasteiger charge is -2.39. The predicted molar refractivity (Wildman–Crippen MR) is 268 cm³/mol. The molecule has 2 saturated heterocycles. The Balaban J connectivity index is 0.000000209. The molecule has 14 heteroatoms. The molecule has 6 heterocycles. The van der Waals surface area contributed by atoms with E-state index >= 15 is 0 Å². The van der Waals surface area contributed by atoms with Crippen molar-refractivity contribution in [1.29, 1.82) is 0 Å². The summed E-state index contributed by atoms with van der Waals surface area (Å²) in [5, 5.41) is 0. The van der Waals surface area contributed by atoms with E-state index in [1.165, 1.54) is 82.2 Å². The molecule has 7 rings (SSSR count). The summed E-state index contributed by atoms with van der Waals surface area (Å²) in [6, 6.07) is 8.55. The van der Waals surface area contributed by atoms with E-state index in [1.54, 1.807) is 11.3 Å². The molecule has 0 N–H and O–H groups in total. The summed E-state index contributed by atoms with van der Waals surface area (Å²) >= 11 is 12.4. The van der Waals surface area contributed by atoms with Gasteiger partial charge in [0.2, 0.25) is 0 Å². The number of benzene rings is 1. The minimum Gasteiger partial charge on any atom is -0.481 e. The van der Waals surface area contributed by atoms with E-state index in [0.29, 0.717) is 0 Å². The van der Waals surface area contributed by atoms with Gasteiger partial charge in [-0.15, -0.1) is 22.7 Å². The number of hydrogen-bond donors (Lipinski definition) is 0. The summed E-state index contributed by atoms with van der Waals surface area (Å²) < 4.78 is 43.3. The van der Waals surface area contributed by atoms with E-state index in [2.05, 4.69) is 94.3 Å². The van der Waals surface area contributed by atoms with Crippen molar-refractivity contribution in [2.75, 3.05) is 0 Å². The molecule has 0 saturated carbocycles. The fourth-order valence-electron chi connectivity index (χ4n) is 8.43. The third kappa shape index (κ3) is 11.2. The maximum Gasteiger partial charge on any atom is 0.497 e. The summed E-state index contributed by atoms with van der Waals surface area (Å²) in [4.78, 5) is 2.71. The minimum atomic E-state index is -0.478. The van der Waals surface area contributed by atoms with E-state index in [4.69, 9.17) is 23.4 Å². The van der Waals surface area contributed by atoms with Crippen molar-refractivity contribution >= 4 is 102 Å². The molecular weight excluding hydrogens is 950 g/mol. The summed E-state index contributed by atoms with van der Waals surface area (Å²) in [7, 11) is -0.956. The molecule has 1 aromatic carbocycles. The Labute approximate surface area is 397 Å². The van der Waals surface area contributed by atoms with Gasteiger partial charge in [-0.3, -0.25) is 0 Å². The van der Waals surface area contributed by atoms with Crippen LogP contribution in [-0.2, 0) is 24.2 Å². The van der Waals surface area contributed by atoms with Gasteiger partial charge in [0.15, 0.2) is 0 Å². The molecule has 2 unspecified atom stereocenters. The molecule has 3 aromatic heterocycles. The van der Waals surface area contributed by atoms with Crippen LogP contribution in [-0.4, -0.2) is 45.4 Å². The van der Waals surface area contributed by atoms with Gasteiger partial charge in [0.05, 0.1) is 51.5 Å². The first kappa shape index (κ1) is 49.6. The van der Waals surface area contributed by atoms with E-state index in [-0.39, 0.29) is 5.60 Å². The first-order valence-electron chi connectivity index (χ1n) is 22.7. The zero-order valence-electron chi connectivity index (χ0n) is 39.3. The number of thiophene rings is 2. The molecule has 2 atom stereocenters. The van der Waals surface area contributed by atoms with Crippen molar-refractivity contribution in [2.45, 2.75) is 189 Å². The van der Waals surface area contributed by atoms with Crippen molar-refractivity contribution in [1.82, 2.24) is 8.75 Å². The highest BCUT2D eigenvalue weighted by molar-refractivity contribution is 9.11. The highest BCUT2D eigenvalue weighted by atomic mass is 79.9. The third-order valence-corrected chi connectivity index (χ3v) is 17.9. The normalized spacial score (nSPS) is 22.0. The van der Waals surface area contributed by atoms with Crippen LogP contribution >= 0.6 is 66.3 Å². The van der Waals surface area contributed by atoms with Gasteiger partial charge in [0, 0.05) is 22.6 Å². The zero-order valence-corrected chi connectivity index (χ0v) is 44.9. The number of ether oxygens (including phenoxy) is 1. The maximum absolute atomic E-state index is 7.03. The molecule has 0 bridgehead atoms. The molecule has 0 amide bonds. The lowest BCUT2D eigenvalue weighted by molar-refractivity contribution is 0.00578. The number of aromatic nitrogens is 2. The van der Waals surface area contributed by atoms with Gasteiger partial charge in [0.1, 0.15) is 22.4 Å². The molecule has 3 aliphatic rings. The summed E-state index contributed by atoms with van der Waals surface area (Å²) in [5.41, 5.74) is 2.94. The van der Waals surface area contributed by atoms with Crippen LogP contribution in [0.4, 0.5) is 0 Å². The van der Waals surface area contributed by atoms with Gasteiger partial charge in [-0.1, -0.05) is 92.2 Å². The Morgan fingerprint density at radius 2 is 0.984 bits per heavy atom. The Hall–Kier alpha value is -0.830. The van der Waals surface area contributed by atoms with Crippen molar-refractivity contribution in [3.05, 3.63) is 37.4 Å². The summed E-state index contributed by atoms with van der Waals surface area (Å²) in [6.07, 6.45) is 12.7. The third-order valence-electron chi connectivity index (χ3n) is 13.9. The van der Waals surface area contributed by atoms with Crippen LogP contribution in [0.25, 0.3) is 20.8 Å². The monoisotopic (exact) mass is 1020 g/mol. The lowest BCUT2D eigenvalue weighted by Crippen LogP contribution is -2.41. The van der Waals surface area contributed by atoms with Crippen LogP contribution in [0.2, 0.25) is 0 Å². The van der Waals surface area contributed by atoms with E-state index in [1.807, 2.05) is 78.9 Å². The Kier molecular flexibility index (Phi) is 15.9. The van der Waals surface area contributed by atoms with Gasteiger partial charge in [0.25, 0.3) is 0 Å². The molecule has 336 valence electrons. The topological polar surface area (TPSA) is 71.9 Å². The minimum absolute atomic E-state index is 0.204. The van der Waals surface area contributed by atoms with Crippen LogP contribution in [0.5, 0.6) is 5.75 Å². The number of hydrogen-bond acceptors (Lipinski definition) is 10. The second-order valence-corrected chi connectivity index (χ2v) is 26.3. The van der Waals surface area contributed by atoms with Crippen molar-refractivity contribution in [3.8, 4) is 15.5 Å². The summed E-state index contributed by atoms with van der Waals surface area (Å²) in [6.45, 7) is 30.6. The fraction of sp³-hybridized carbons (Fsp3) is 0.702. The molecular formula is C47H70B2Br2N2O5S3. The summed E-state index contributed by atoms with van der Waals surface area (Å²) in [5.74, 6) is 4.17. The predicted octanol–water partition coefficient (Wildman–Crippen LogP) is 14.4. The number of nitrogens with zero attached hydrogens (tertiary/aromatic N) is 2. The highest BCUT2D eigenvalue weighted by Crippen LogP contribution is 2.57. The molecule has 0 aliphatic carbocycles. The standard InChI is InChI=1S/C29H44Br2OS2.C18H26B2N2O4S/c1-19(2)9-7-11-21(5)13-15-29(16-14-22(6)12-8-10-20(3)4)23-17-25(30)33-27(23)28-24(32-29)18-26(31)34-28;1-15(2)16(3,4)24-19(23-15)11-9-10-12(14-13(11)21-27-22-14)20-25-17(5,6)18(7,8)26-20/h17-22H,7-16H2,1-6H3;9-10H,1-8H3. The zero-order chi connectivity index (χ0) is 44.7. The molecule has 7 nitrogen and oxygen atoms in total. The van der Waals surface area contributed by atoms with Crippen LogP contribution in [0.3, 0.4) is 0 Å². The van der Waals surface area contributed by atoms with Gasteiger partial charge in [-0.25, -0.2) is 0 Å².